The van der Waals surface area contributed by atoms with Gasteiger partial charge >= 0.3 is 0 Å². The Morgan fingerprint density at radius 3 is 2.44 bits per heavy atom. The summed E-state index contributed by atoms with van der Waals surface area (Å²) in [5, 5.41) is 3.30. The molecule has 144 valence electrons. The number of rotatable bonds is 6. The van der Waals surface area contributed by atoms with Gasteiger partial charge in [0.05, 0.1) is 6.61 Å². The van der Waals surface area contributed by atoms with Crippen LogP contribution in [-0.2, 0) is 10.0 Å². The van der Waals surface area contributed by atoms with Crippen LogP contribution in [0.2, 0.25) is 5.02 Å². The van der Waals surface area contributed by atoms with Crippen molar-refractivity contribution in [2.75, 3.05) is 25.0 Å². The van der Waals surface area contributed by atoms with E-state index in [-0.39, 0.29) is 16.2 Å². The number of amides is 1. The minimum absolute atomic E-state index is 0.0232. The number of carbonyl (C=O) groups excluding carboxylic acids is 1. The molecular weight excluding hydrogens is 388 g/mol. The van der Waals surface area contributed by atoms with Gasteiger partial charge in [-0.3, -0.25) is 4.79 Å². The minimum Gasteiger partial charge on any atom is -0.492 e. The first-order valence-corrected chi connectivity index (χ1v) is 10.6. The summed E-state index contributed by atoms with van der Waals surface area (Å²) in [6.45, 7) is 3.08. The molecule has 0 radical (unpaired) electrons. The molecule has 0 spiro atoms. The zero-order valence-corrected chi connectivity index (χ0v) is 16.5. The maximum absolute atomic E-state index is 13.0. The monoisotopic (exact) mass is 408 g/mol. The molecule has 1 amide bonds. The topological polar surface area (TPSA) is 75.7 Å². The van der Waals surface area contributed by atoms with Gasteiger partial charge in [0.25, 0.3) is 5.91 Å². The van der Waals surface area contributed by atoms with E-state index in [0.29, 0.717) is 30.4 Å². The third-order valence-corrected chi connectivity index (χ3v) is 6.46. The number of hydrogen-bond acceptors (Lipinski definition) is 4. The van der Waals surface area contributed by atoms with E-state index >= 15 is 0 Å². The van der Waals surface area contributed by atoms with Gasteiger partial charge < -0.3 is 10.1 Å². The van der Waals surface area contributed by atoms with Crippen LogP contribution in [0.15, 0.2) is 47.4 Å². The smallest absolute Gasteiger partial charge is 0.255 e. The Labute approximate surface area is 164 Å². The predicted molar refractivity (Wildman–Crippen MR) is 105 cm³/mol. The van der Waals surface area contributed by atoms with Crippen LogP contribution in [0.5, 0.6) is 5.75 Å². The van der Waals surface area contributed by atoms with E-state index in [4.69, 9.17) is 16.3 Å². The number of ether oxygens (including phenoxy) is 1. The summed E-state index contributed by atoms with van der Waals surface area (Å²) in [6, 6.07) is 11.1. The van der Waals surface area contributed by atoms with Crippen LogP contribution in [0.1, 0.15) is 30.1 Å². The third-order valence-electron chi connectivity index (χ3n) is 4.29. The molecule has 2 aromatic rings. The van der Waals surface area contributed by atoms with Gasteiger partial charge in [0, 0.05) is 29.4 Å². The number of nitrogens with one attached hydrogen (secondary N) is 1. The average Bonchev–Trinajstić information content (AvgIpc) is 3.19. The lowest BCUT2D eigenvalue weighted by atomic mass is 10.2. The molecular formula is C19H21ClN2O4S. The van der Waals surface area contributed by atoms with Gasteiger partial charge in [-0.1, -0.05) is 11.6 Å². The van der Waals surface area contributed by atoms with Crippen molar-refractivity contribution in [1.82, 2.24) is 4.31 Å². The average molecular weight is 409 g/mol. The van der Waals surface area contributed by atoms with E-state index in [1.807, 2.05) is 0 Å². The second kappa shape index (κ2) is 8.29. The summed E-state index contributed by atoms with van der Waals surface area (Å²) in [6.07, 6.45) is 1.67. The number of halogens is 1. The maximum atomic E-state index is 13.0. The molecule has 3 rings (SSSR count). The Morgan fingerprint density at radius 1 is 1.15 bits per heavy atom. The zero-order valence-electron chi connectivity index (χ0n) is 14.9. The Morgan fingerprint density at radius 2 is 1.81 bits per heavy atom. The number of carbonyl (C=O) groups is 1. The van der Waals surface area contributed by atoms with Gasteiger partial charge in [-0.25, -0.2) is 8.42 Å². The normalized spacial score (nSPS) is 14.9. The molecule has 27 heavy (non-hydrogen) atoms. The fourth-order valence-electron chi connectivity index (χ4n) is 2.93. The lowest BCUT2D eigenvalue weighted by Crippen LogP contribution is -2.28. The first kappa shape index (κ1) is 19.7. The highest BCUT2D eigenvalue weighted by Gasteiger charge is 2.30. The Bertz CT molecular complexity index is 923. The van der Waals surface area contributed by atoms with Crippen molar-refractivity contribution in [3.8, 4) is 5.75 Å². The van der Waals surface area contributed by atoms with Gasteiger partial charge in [-0.15, -0.1) is 0 Å². The van der Waals surface area contributed by atoms with E-state index in [1.165, 1.54) is 16.4 Å². The van der Waals surface area contributed by atoms with Gasteiger partial charge in [-0.2, -0.15) is 4.31 Å². The summed E-state index contributed by atoms with van der Waals surface area (Å²) in [7, 11) is -3.72. The molecule has 1 fully saturated rings. The largest absolute Gasteiger partial charge is 0.492 e. The molecule has 2 aromatic carbocycles. The second-order valence-corrected chi connectivity index (χ2v) is 8.51. The van der Waals surface area contributed by atoms with Crippen molar-refractivity contribution in [3.63, 3.8) is 0 Å². The van der Waals surface area contributed by atoms with Gasteiger partial charge in [0.2, 0.25) is 10.0 Å². The van der Waals surface area contributed by atoms with Crippen molar-refractivity contribution in [1.29, 1.82) is 0 Å². The molecule has 8 heteroatoms. The Kier molecular flexibility index (Phi) is 6.04. The Hall–Kier alpha value is -2.09. The van der Waals surface area contributed by atoms with Gasteiger partial charge in [-0.05, 0) is 62.2 Å². The highest BCUT2D eigenvalue weighted by molar-refractivity contribution is 7.89. The molecule has 1 heterocycles. The molecule has 0 aromatic heterocycles. The molecule has 0 saturated carbocycles. The van der Waals surface area contributed by atoms with Crippen molar-refractivity contribution in [2.24, 2.45) is 0 Å². The Balaban J connectivity index is 1.92. The van der Waals surface area contributed by atoms with Crippen molar-refractivity contribution in [2.45, 2.75) is 24.7 Å². The molecule has 0 aliphatic carbocycles. The van der Waals surface area contributed by atoms with Crippen LogP contribution in [-0.4, -0.2) is 38.3 Å². The van der Waals surface area contributed by atoms with E-state index in [0.717, 1.165) is 12.8 Å². The van der Waals surface area contributed by atoms with Gasteiger partial charge in [0.1, 0.15) is 10.6 Å². The second-order valence-electron chi connectivity index (χ2n) is 6.17. The number of nitrogens with zero attached hydrogens (tertiary/aromatic N) is 1. The molecule has 0 atom stereocenters. The lowest BCUT2D eigenvalue weighted by Gasteiger charge is -2.19. The van der Waals surface area contributed by atoms with E-state index < -0.39 is 15.9 Å². The quantitative estimate of drug-likeness (QED) is 0.789. The minimum atomic E-state index is -3.72. The molecule has 1 aliphatic rings. The number of hydrogen-bond donors (Lipinski definition) is 1. The number of benzene rings is 2. The summed E-state index contributed by atoms with van der Waals surface area (Å²) < 4.78 is 32.9. The number of anilines is 1. The SMILES string of the molecule is CCOc1ccc(C(=O)Nc2ccc(Cl)cc2)cc1S(=O)(=O)N1CCCC1. The standard InChI is InChI=1S/C19H21ClN2O4S/c1-2-26-17-10-5-14(19(23)21-16-8-6-15(20)7-9-16)13-18(17)27(24,25)22-11-3-4-12-22/h5-10,13H,2-4,11-12H2,1H3,(H,21,23). The fourth-order valence-corrected chi connectivity index (χ4v) is 4.73. The van der Waals surface area contributed by atoms with Crippen LogP contribution < -0.4 is 10.1 Å². The maximum Gasteiger partial charge on any atom is 0.255 e. The highest BCUT2D eigenvalue weighted by Crippen LogP contribution is 2.30. The van der Waals surface area contributed by atoms with E-state index in [1.54, 1.807) is 37.3 Å². The fraction of sp³-hybridized carbons (Fsp3) is 0.316. The summed E-state index contributed by atoms with van der Waals surface area (Å²) >= 11 is 5.85. The van der Waals surface area contributed by atoms with Crippen molar-refractivity contribution in [3.05, 3.63) is 53.1 Å². The highest BCUT2D eigenvalue weighted by atomic mass is 35.5. The van der Waals surface area contributed by atoms with Crippen molar-refractivity contribution < 1.29 is 17.9 Å². The molecule has 0 unspecified atom stereocenters. The van der Waals surface area contributed by atoms with E-state index in [9.17, 15) is 13.2 Å². The first-order valence-electron chi connectivity index (χ1n) is 8.75. The summed E-state index contributed by atoms with van der Waals surface area (Å²) in [5.41, 5.74) is 0.813. The van der Waals surface area contributed by atoms with Crippen LogP contribution in [0, 0.1) is 0 Å². The lowest BCUT2D eigenvalue weighted by molar-refractivity contribution is 0.102. The molecule has 0 bridgehead atoms. The zero-order chi connectivity index (χ0) is 19.4. The van der Waals surface area contributed by atoms with Crippen molar-refractivity contribution >= 4 is 33.2 Å². The predicted octanol–water partition coefficient (Wildman–Crippen LogP) is 3.78. The van der Waals surface area contributed by atoms with Crippen LogP contribution in [0.3, 0.4) is 0 Å². The molecule has 1 saturated heterocycles. The molecule has 6 nitrogen and oxygen atoms in total. The van der Waals surface area contributed by atoms with E-state index in [2.05, 4.69) is 5.32 Å². The molecule has 1 N–H and O–H groups in total. The van der Waals surface area contributed by atoms with Crippen LogP contribution in [0.25, 0.3) is 0 Å². The molecule has 1 aliphatic heterocycles. The summed E-state index contributed by atoms with van der Waals surface area (Å²) in [4.78, 5) is 12.6. The third kappa shape index (κ3) is 4.43. The van der Waals surface area contributed by atoms with Gasteiger partial charge in [0.15, 0.2) is 0 Å². The van der Waals surface area contributed by atoms with Crippen LogP contribution in [0.4, 0.5) is 5.69 Å². The summed E-state index contributed by atoms with van der Waals surface area (Å²) in [5.74, 6) is -0.148. The first-order chi connectivity index (χ1) is 12.9. The van der Waals surface area contributed by atoms with Crippen LogP contribution >= 0.6 is 11.6 Å². The number of sulfonamides is 1.